The average molecular weight is 319 g/mol. The van der Waals surface area contributed by atoms with Gasteiger partial charge in [-0.1, -0.05) is 11.6 Å². The molecule has 0 radical (unpaired) electrons. The minimum Gasteiger partial charge on any atom is -0.395 e. The third kappa shape index (κ3) is 3.63. The third-order valence-electron chi connectivity index (χ3n) is 3.48. The second kappa shape index (κ2) is 6.30. The molecule has 1 N–H and O–H groups in total. The molecule has 1 heterocycles. The number of rotatable bonds is 4. The third-order valence-corrected chi connectivity index (χ3v) is 4.89. The van der Waals surface area contributed by atoms with Crippen molar-refractivity contribution in [1.29, 1.82) is 0 Å². The predicted octanol–water partition coefficient (Wildman–Crippen LogP) is 0.858. The first-order chi connectivity index (χ1) is 9.41. The lowest BCUT2D eigenvalue weighted by Crippen LogP contribution is -2.47. The van der Waals surface area contributed by atoms with E-state index in [0.29, 0.717) is 11.6 Å². The monoisotopic (exact) mass is 318 g/mol. The van der Waals surface area contributed by atoms with E-state index in [9.17, 15) is 8.42 Å². The summed E-state index contributed by atoms with van der Waals surface area (Å²) in [5.74, 6) is 0. The van der Waals surface area contributed by atoms with Crippen LogP contribution in [-0.4, -0.2) is 64.0 Å². The summed E-state index contributed by atoms with van der Waals surface area (Å²) < 4.78 is 23.0. The molecule has 0 aromatic heterocycles. The minimum atomic E-state index is -3.23. The van der Waals surface area contributed by atoms with E-state index in [0.717, 1.165) is 31.9 Å². The van der Waals surface area contributed by atoms with Crippen molar-refractivity contribution >= 4 is 27.1 Å². The first-order valence-electron chi connectivity index (χ1n) is 6.49. The maximum Gasteiger partial charge on any atom is 0.175 e. The van der Waals surface area contributed by atoms with Gasteiger partial charge in [0.15, 0.2) is 9.84 Å². The molecule has 1 aromatic rings. The van der Waals surface area contributed by atoms with Crippen LogP contribution in [0.4, 0.5) is 5.69 Å². The van der Waals surface area contributed by atoms with Crippen LogP contribution in [-0.2, 0) is 9.84 Å². The van der Waals surface area contributed by atoms with Crippen LogP contribution in [0.5, 0.6) is 0 Å². The van der Waals surface area contributed by atoms with Gasteiger partial charge in [-0.25, -0.2) is 8.42 Å². The molecule has 0 atom stereocenters. The Hall–Kier alpha value is -0.820. The Morgan fingerprint density at radius 2 is 1.90 bits per heavy atom. The largest absolute Gasteiger partial charge is 0.395 e. The van der Waals surface area contributed by atoms with Gasteiger partial charge in [-0.3, -0.25) is 4.90 Å². The molecule has 7 heteroatoms. The van der Waals surface area contributed by atoms with Crippen molar-refractivity contribution in [3.63, 3.8) is 0 Å². The number of hydrogen-bond donors (Lipinski definition) is 1. The number of β-amino-alcohol motifs (C(OH)–C–C–N with tert-alkyl or cyclic N) is 1. The zero-order valence-electron chi connectivity index (χ0n) is 11.4. The second-order valence-corrected chi connectivity index (χ2v) is 7.36. The zero-order valence-corrected chi connectivity index (χ0v) is 13.0. The molecule has 5 nitrogen and oxygen atoms in total. The van der Waals surface area contributed by atoms with Crippen LogP contribution >= 0.6 is 11.6 Å². The molecule has 112 valence electrons. The van der Waals surface area contributed by atoms with Crippen LogP contribution in [0.3, 0.4) is 0 Å². The van der Waals surface area contributed by atoms with Gasteiger partial charge in [0.2, 0.25) is 0 Å². The lowest BCUT2D eigenvalue weighted by molar-refractivity contribution is 0.189. The minimum absolute atomic E-state index is 0.170. The standard InChI is InChI=1S/C13H19ClN2O3S/c1-20(18,19)11-2-3-13(12(14)10-11)16-6-4-15(5-7-16)8-9-17/h2-3,10,17H,4-9H2,1H3. The topological polar surface area (TPSA) is 60.9 Å². The van der Waals surface area contributed by atoms with Crippen LogP contribution in [0.1, 0.15) is 0 Å². The maximum absolute atomic E-state index is 11.5. The van der Waals surface area contributed by atoms with Gasteiger partial charge in [0.1, 0.15) is 0 Å². The van der Waals surface area contributed by atoms with E-state index in [2.05, 4.69) is 9.80 Å². The zero-order chi connectivity index (χ0) is 14.8. The molecule has 1 aliphatic heterocycles. The van der Waals surface area contributed by atoms with Gasteiger partial charge < -0.3 is 10.0 Å². The highest BCUT2D eigenvalue weighted by Crippen LogP contribution is 2.29. The maximum atomic E-state index is 11.5. The van der Waals surface area contributed by atoms with Crippen LogP contribution in [0.25, 0.3) is 0 Å². The molecule has 1 saturated heterocycles. The molecule has 0 unspecified atom stereocenters. The molecule has 0 aliphatic carbocycles. The molecular formula is C13H19ClN2O3S. The summed E-state index contributed by atoms with van der Waals surface area (Å²) in [6, 6.07) is 4.86. The Labute approximate surface area is 124 Å². The summed E-state index contributed by atoms with van der Waals surface area (Å²) in [6.45, 7) is 4.23. The SMILES string of the molecule is CS(=O)(=O)c1ccc(N2CCN(CCO)CC2)c(Cl)c1. The Morgan fingerprint density at radius 3 is 2.40 bits per heavy atom. The number of halogens is 1. The molecule has 1 aliphatic rings. The lowest BCUT2D eigenvalue weighted by atomic mass is 10.2. The van der Waals surface area contributed by atoms with E-state index in [4.69, 9.17) is 16.7 Å². The molecule has 2 rings (SSSR count). The first kappa shape index (κ1) is 15.6. The highest BCUT2D eigenvalue weighted by Gasteiger charge is 2.19. The van der Waals surface area contributed by atoms with Gasteiger partial charge in [0.05, 0.1) is 22.2 Å². The van der Waals surface area contributed by atoms with E-state index in [1.54, 1.807) is 12.1 Å². The number of benzene rings is 1. The van der Waals surface area contributed by atoms with Gasteiger partial charge in [-0.15, -0.1) is 0 Å². The van der Waals surface area contributed by atoms with Crippen molar-refractivity contribution < 1.29 is 13.5 Å². The summed E-state index contributed by atoms with van der Waals surface area (Å²) in [5, 5.41) is 9.38. The summed E-state index contributed by atoms with van der Waals surface area (Å²) >= 11 is 6.21. The smallest absolute Gasteiger partial charge is 0.175 e. The second-order valence-electron chi connectivity index (χ2n) is 4.94. The van der Waals surface area contributed by atoms with Crippen molar-refractivity contribution in [3.8, 4) is 0 Å². The number of aliphatic hydroxyl groups excluding tert-OH is 1. The number of nitrogens with zero attached hydrogens (tertiary/aromatic N) is 2. The highest BCUT2D eigenvalue weighted by molar-refractivity contribution is 7.90. The van der Waals surface area contributed by atoms with E-state index in [-0.39, 0.29) is 11.5 Å². The van der Waals surface area contributed by atoms with Gasteiger partial charge in [-0.05, 0) is 18.2 Å². The molecule has 20 heavy (non-hydrogen) atoms. The fourth-order valence-electron chi connectivity index (χ4n) is 2.33. The van der Waals surface area contributed by atoms with Gasteiger partial charge in [-0.2, -0.15) is 0 Å². The molecule has 0 amide bonds. The summed E-state index contributed by atoms with van der Waals surface area (Å²) in [6.07, 6.45) is 1.17. The van der Waals surface area contributed by atoms with Crippen LogP contribution < -0.4 is 4.90 Å². The van der Waals surface area contributed by atoms with Gasteiger partial charge in [0.25, 0.3) is 0 Å². The Morgan fingerprint density at radius 1 is 1.25 bits per heavy atom. The number of anilines is 1. The number of aliphatic hydroxyl groups is 1. The number of piperazine rings is 1. The van der Waals surface area contributed by atoms with Gasteiger partial charge in [0, 0.05) is 39.0 Å². The summed E-state index contributed by atoms with van der Waals surface area (Å²) in [7, 11) is -3.23. The van der Waals surface area contributed by atoms with Crippen molar-refractivity contribution in [3.05, 3.63) is 23.2 Å². The lowest BCUT2D eigenvalue weighted by Gasteiger charge is -2.36. The first-order valence-corrected chi connectivity index (χ1v) is 8.76. The van der Waals surface area contributed by atoms with Crippen molar-refractivity contribution in [2.75, 3.05) is 50.5 Å². The Kier molecular flexibility index (Phi) is 4.90. The van der Waals surface area contributed by atoms with Crippen LogP contribution in [0, 0.1) is 0 Å². The molecule has 0 saturated carbocycles. The highest BCUT2D eigenvalue weighted by atomic mass is 35.5. The van der Waals surface area contributed by atoms with E-state index >= 15 is 0 Å². The molecule has 0 spiro atoms. The fourth-order valence-corrected chi connectivity index (χ4v) is 3.34. The van der Waals surface area contributed by atoms with Crippen molar-refractivity contribution in [1.82, 2.24) is 4.90 Å². The van der Waals surface area contributed by atoms with Crippen LogP contribution in [0.2, 0.25) is 5.02 Å². The summed E-state index contributed by atoms with van der Waals surface area (Å²) in [5.41, 5.74) is 0.864. The molecule has 1 fully saturated rings. The summed E-state index contributed by atoms with van der Waals surface area (Å²) in [4.78, 5) is 4.57. The van der Waals surface area contributed by atoms with Crippen molar-refractivity contribution in [2.45, 2.75) is 4.90 Å². The Bertz CT molecular complexity index is 569. The molecule has 0 bridgehead atoms. The van der Waals surface area contributed by atoms with E-state index in [1.165, 1.54) is 12.3 Å². The quantitative estimate of drug-likeness (QED) is 0.892. The van der Waals surface area contributed by atoms with Gasteiger partial charge >= 0.3 is 0 Å². The van der Waals surface area contributed by atoms with Crippen LogP contribution in [0.15, 0.2) is 23.1 Å². The number of sulfone groups is 1. The fraction of sp³-hybridized carbons (Fsp3) is 0.538. The number of hydrogen-bond acceptors (Lipinski definition) is 5. The molecular weight excluding hydrogens is 300 g/mol. The average Bonchev–Trinajstić information content (AvgIpc) is 2.39. The Balaban J connectivity index is 2.11. The predicted molar refractivity (Wildman–Crippen MR) is 80.3 cm³/mol. The van der Waals surface area contributed by atoms with Crippen molar-refractivity contribution in [2.24, 2.45) is 0 Å². The normalized spacial score (nSPS) is 17.4. The molecule has 1 aromatic carbocycles. The van der Waals surface area contributed by atoms with E-state index in [1.807, 2.05) is 0 Å². The van der Waals surface area contributed by atoms with E-state index < -0.39 is 9.84 Å².